The monoisotopic (exact) mass is 361 g/mol. The van der Waals surface area contributed by atoms with Crippen molar-refractivity contribution in [3.05, 3.63) is 53.0 Å². The molecule has 2 aromatic heterocycles. The molecule has 0 fully saturated rings. The van der Waals surface area contributed by atoms with Crippen molar-refractivity contribution >= 4 is 29.1 Å². The fraction of sp³-hybridized carbons (Fsp3) is 0.176. The van der Waals surface area contributed by atoms with Crippen LogP contribution in [0, 0.1) is 0 Å². The number of rotatable bonds is 6. The molecule has 24 heavy (non-hydrogen) atoms. The number of thioether (sulfide) groups is 1. The molecule has 0 aliphatic rings. The lowest BCUT2D eigenvalue weighted by Gasteiger charge is -2.09. The normalized spacial score (nSPS) is 10.6. The highest BCUT2D eigenvalue weighted by atomic mass is 32.2. The minimum atomic E-state index is -0.458. The Hall–Kier alpha value is -2.25. The summed E-state index contributed by atoms with van der Waals surface area (Å²) in [5.41, 5.74) is 0.948. The van der Waals surface area contributed by atoms with Crippen LogP contribution in [0.1, 0.15) is 16.1 Å². The average molecular weight is 361 g/mol. The molecule has 0 atom stereocenters. The molecule has 2 heterocycles. The Labute approximate surface area is 147 Å². The van der Waals surface area contributed by atoms with Crippen molar-refractivity contribution in [1.29, 1.82) is 0 Å². The van der Waals surface area contributed by atoms with Crippen LogP contribution in [0.5, 0.6) is 5.75 Å². The number of methoxy groups -OCH3 is 1. The summed E-state index contributed by atoms with van der Waals surface area (Å²) in [4.78, 5) is 14.3. The van der Waals surface area contributed by atoms with Crippen molar-refractivity contribution in [2.45, 2.75) is 11.5 Å². The van der Waals surface area contributed by atoms with Gasteiger partial charge in [-0.05, 0) is 35.9 Å². The Morgan fingerprint density at radius 3 is 2.92 bits per heavy atom. The van der Waals surface area contributed by atoms with Crippen LogP contribution < -0.4 is 4.74 Å². The second-order valence-corrected chi connectivity index (χ2v) is 6.63. The largest absolute Gasteiger partial charge is 0.496 e. The van der Waals surface area contributed by atoms with Gasteiger partial charge in [-0.3, -0.25) is 0 Å². The number of nitrogens with zero attached hydrogens (tertiary/aromatic N) is 1. The Morgan fingerprint density at radius 2 is 2.21 bits per heavy atom. The number of carbonyl (C=O) groups excluding carboxylic acids is 1. The summed E-state index contributed by atoms with van der Waals surface area (Å²) in [6.45, 7) is 0.0428. The number of aromatic nitrogens is 1. The molecule has 5 nitrogen and oxygen atoms in total. The molecule has 124 valence electrons. The minimum Gasteiger partial charge on any atom is -0.496 e. The first-order chi connectivity index (χ1) is 11.7. The molecule has 0 spiro atoms. The maximum absolute atomic E-state index is 12.3. The van der Waals surface area contributed by atoms with Crippen LogP contribution in [0.4, 0.5) is 0 Å². The number of esters is 1. The lowest BCUT2D eigenvalue weighted by molar-refractivity contribution is 0.0460. The maximum Gasteiger partial charge on any atom is 0.342 e. The summed E-state index contributed by atoms with van der Waals surface area (Å²) in [6.07, 6.45) is 1.96. The van der Waals surface area contributed by atoms with Crippen LogP contribution in [-0.2, 0) is 11.3 Å². The van der Waals surface area contributed by atoms with Crippen LogP contribution in [0.15, 0.2) is 51.2 Å². The van der Waals surface area contributed by atoms with Crippen LogP contribution in [-0.4, -0.2) is 24.5 Å². The summed E-state index contributed by atoms with van der Waals surface area (Å²) < 4.78 is 15.8. The number of hydrogen-bond donors (Lipinski definition) is 0. The van der Waals surface area contributed by atoms with E-state index in [9.17, 15) is 4.79 Å². The molecule has 0 radical (unpaired) electrons. The van der Waals surface area contributed by atoms with Crippen molar-refractivity contribution < 1.29 is 18.8 Å². The van der Waals surface area contributed by atoms with E-state index in [-0.39, 0.29) is 6.61 Å². The molecule has 0 amide bonds. The number of carbonyl (C=O) groups is 1. The molecule has 7 heteroatoms. The Balaban J connectivity index is 1.67. The van der Waals surface area contributed by atoms with E-state index in [4.69, 9.17) is 14.0 Å². The van der Waals surface area contributed by atoms with Gasteiger partial charge in [-0.1, -0.05) is 11.2 Å². The van der Waals surface area contributed by atoms with E-state index in [1.54, 1.807) is 35.2 Å². The molecular formula is C17H15NO4S2. The number of thiophene rings is 1. The predicted octanol–water partition coefficient (Wildman–Crippen LogP) is 4.49. The van der Waals surface area contributed by atoms with E-state index in [0.717, 1.165) is 9.77 Å². The van der Waals surface area contributed by atoms with Crippen LogP contribution in [0.2, 0.25) is 0 Å². The summed E-state index contributed by atoms with van der Waals surface area (Å²) in [6, 6.07) is 11.0. The molecule has 3 rings (SSSR count). The first kappa shape index (κ1) is 16.6. The third-order valence-electron chi connectivity index (χ3n) is 3.30. The predicted molar refractivity (Wildman–Crippen MR) is 93.7 cm³/mol. The Bertz CT molecular complexity index is 827. The molecule has 0 aliphatic heterocycles. The van der Waals surface area contributed by atoms with Crippen LogP contribution in [0.3, 0.4) is 0 Å². The first-order valence-electron chi connectivity index (χ1n) is 7.10. The second kappa shape index (κ2) is 7.55. The minimum absolute atomic E-state index is 0.0428. The number of ether oxygens (including phenoxy) is 2. The highest BCUT2D eigenvalue weighted by Crippen LogP contribution is 2.27. The lowest BCUT2D eigenvalue weighted by atomic mass is 10.2. The van der Waals surface area contributed by atoms with Crippen molar-refractivity contribution in [3.63, 3.8) is 0 Å². The van der Waals surface area contributed by atoms with Crippen molar-refractivity contribution in [3.8, 4) is 16.4 Å². The number of hydrogen-bond acceptors (Lipinski definition) is 7. The van der Waals surface area contributed by atoms with Gasteiger partial charge < -0.3 is 14.0 Å². The third kappa shape index (κ3) is 3.63. The molecule has 0 unspecified atom stereocenters. The molecule has 0 bridgehead atoms. The van der Waals surface area contributed by atoms with E-state index < -0.39 is 5.97 Å². The Morgan fingerprint density at radius 1 is 1.33 bits per heavy atom. The standard InChI is InChI=1S/C17H15NO4S2/c1-20-14-9-12(23-2)5-6-13(14)17(19)21-10-11-8-15(22-18-11)16-4-3-7-24-16/h3-9H,10H2,1-2H3. The quantitative estimate of drug-likeness (QED) is 0.476. The van der Waals surface area contributed by atoms with Gasteiger partial charge in [0.25, 0.3) is 0 Å². The van der Waals surface area contributed by atoms with E-state index in [2.05, 4.69) is 5.16 Å². The Kier molecular flexibility index (Phi) is 5.22. The van der Waals surface area contributed by atoms with Crippen LogP contribution >= 0.6 is 23.1 Å². The molecule has 0 N–H and O–H groups in total. The summed E-state index contributed by atoms with van der Waals surface area (Å²) in [5, 5.41) is 5.89. The summed E-state index contributed by atoms with van der Waals surface area (Å²) >= 11 is 3.14. The van der Waals surface area contributed by atoms with E-state index in [0.29, 0.717) is 22.8 Å². The van der Waals surface area contributed by atoms with Gasteiger partial charge in [0.15, 0.2) is 5.76 Å². The second-order valence-electron chi connectivity index (χ2n) is 4.80. The van der Waals surface area contributed by atoms with Crippen LogP contribution in [0.25, 0.3) is 10.6 Å². The summed E-state index contributed by atoms with van der Waals surface area (Å²) in [7, 11) is 1.53. The smallest absolute Gasteiger partial charge is 0.342 e. The van der Waals surface area contributed by atoms with Gasteiger partial charge in [0.2, 0.25) is 0 Å². The first-order valence-corrected chi connectivity index (χ1v) is 9.20. The van der Waals surface area contributed by atoms with Gasteiger partial charge in [0.1, 0.15) is 23.6 Å². The van der Waals surface area contributed by atoms with Gasteiger partial charge >= 0.3 is 5.97 Å². The SMILES string of the molecule is COc1cc(SC)ccc1C(=O)OCc1cc(-c2cccs2)on1. The zero-order valence-corrected chi connectivity index (χ0v) is 14.8. The van der Waals surface area contributed by atoms with Gasteiger partial charge in [0, 0.05) is 11.0 Å². The fourth-order valence-corrected chi connectivity index (χ4v) is 3.20. The molecule has 0 saturated carbocycles. The van der Waals surface area contributed by atoms with E-state index in [1.165, 1.54) is 7.11 Å². The zero-order valence-electron chi connectivity index (χ0n) is 13.1. The molecular weight excluding hydrogens is 346 g/mol. The van der Waals surface area contributed by atoms with Crippen molar-refractivity contribution in [2.75, 3.05) is 13.4 Å². The van der Waals surface area contributed by atoms with E-state index in [1.807, 2.05) is 35.9 Å². The molecule has 3 aromatic rings. The lowest BCUT2D eigenvalue weighted by Crippen LogP contribution is -2.07. The highest BCUT2D eigenvalue weighted by Gasteiger charge is 2.16. The molecule has 1 aromatic carbocycles. The molecule has 0 saturated heterocycles. The highest BCUT2D eigenvalue weighted by molar-refractivity contribution is 7.98. The third-order valence-corrected chi connectivity index (χ3v) is 4.91. The van der Waals surface area contributed by atoms with Gasteiger partial charge in [-0.15, -0.1) is 23.1 Å². The topological polar surface area (TPSA) is 61.6 Å². The average Bonchev–Trinajstić information content (AvgIpc) is 3.30. The summed E-state index contributed by atoms with van der Waals surface area (Å²) in [5.74, 6) is 0.699. The van der Waals surface area contributed by atoms with Crippen molar-refractivity contribution in [1.82, 2.24) is 5.16 Å². The maximum atomic E-state index is 12.3. The molecule has 0 aliphatic carbocycles. The van der Waals surface area contributed by atoms with Gasteiger partial charge in [-0.2, -0.15) is 0 Å². The van der Waals surface area contributed by atoms with Gasteiger partial charge in [0.05, 0.1) is 12.0 Å². The van der Waals surface area contributed by atoms with Gasteiger partial charge in [-0.25, -0.2) is 4.79 Å². The van der Waals surface area contributed by atoms with E-state index >= 15 is 0 Å². The number of benzene rings is 1. The fourth-order valence-electron chi connectivity index (χ4n) is 2.10. The van der Waals surface area contributed by atoms with Crippen molar-refractivity contribution in [2.24, 2.45) is 0 Å². The zero-order chi connectivity index (χ0) is 16.9.